The second-order valence-corrected chi connectivity index (χ2v) is 6.89. The SMILES string of the molecule is CC(C)c1cnc(Br)cc1Oc1cnc(N)nc1NCc1ccccc1. The summed E-state index contributed by atoms with van der Waals surface area (Å²) in [5.41, 5.74) is 7.89. The molecule has 0 unspecified atom stereocenters. The van der Waals surface area contributed by atoms with Gasteiger partial charge in [0.2, 0.25) is 5.95 Å². The van der Waals surface area contributed by atoms with E-state index < -0.39 is 0 Å². The van der Waals surface area contributed by atoms with Gasteiger partial charge in [0.15, 0.2) is 11.6 Å². The van der Waals surface area contributed by atoms with Gasteiger partial charge in [-0.05, 0) is 27.4 Å². The van der Waals surface area contributed by atoms with Crippen molar-refractivity contribution >= 4 is 27.7 Å². The van der Waals surface area contributed by atoms with Gasteiger partial charge in [-0.15, -0.1) is 0 Å². The van der Waals surface area contributed by atoms with Crippen LogP contribution in [0.25, 0.3) is 0 Å². The number of ether oxygens (including phenoxy) is 1. The van der Waals surface area contributed by atoms with Gasteiger partial charge in [0.1, 0.15) is 10.4 Å². The zero-order valence-corrected chi connectivity index (χ0v) is 16.2. The molecular formula is C19H20BrN5O. The highest BCUT2D eigenvalue weighted by atomic mass is 79.9. The Hall–Kier alpha value is -2.67. The Labute approximate surface area is 161 Å². The Balaban J connectivity index is 1.88. The van der Waals surface area contributed by atoms with E-state index in [1.54, 1.807) is 12.4 Å². The molecule has 0 bridgehead atoms. The maximum atomic E-state index is 6.11. The molecule has 0 aliphatic carbocycles. The van der Waals surface area contributed by atoms with E-state index >= 15 is 0 Å². The molecule has 26 heavy (non-hydrogen) atoms. The minimum absolute atomic E-state index is 0.188. The molecule has 0 fully saturated rings. The lowest BCUT2D eigenvalue weighted by molar-refractivity contribution is 0.469. The molecule has 0 aliphatic rings. The Morgan fingerprint density at radius 3 is 2.62 bits per heavy atom. The van der Waals surface area contributed by atoms with E-state index in [0.29, 0.717) is 28.5 Å². The molecule has 0 aliphatic heterocycles. The number of pyridine rings is 1. The lowest BCUT2D eigenvalue weighted by Crippen LogP contribution is -2.06. The summed E-state index contributed by atoms with van der Waals surface area (Å²) in [7, 11) is 0. The van der Waals surface area contributed by atoms with Crippen LogP contribution in [-0.2, 0) is 6.54 Å². The predicted molar refractivity (Wildman–Crippen MR) is 106 cm³/mol. The third kappa shape index (κ3) is 4.49. The molecule has 2 aromatic heterocycles. The second-order valence-electron chi connectivity index (χ2n) is 6.08. The highest BCUT2D eigenvalue weighted by Gasteiger charge is 2.14. The van der Waals surface area contributed by atoms with Crippen LogP contribution in [0.2, 0.25) is 0 Å². The molecule has 6 nitrogen and oxygen atoms in total. The van der Waals surface area contributed by atoms with Crippen LogP contribution in [0.4, 0.5) is 11.8 Å². The summed E-state index contributed by atoms with van der Waals surface area (Å²) in [5.74, 6) is 2.21. The fourth-order valence-corrected chi connectivity index (χ4v) is 2.74. The number of nitrogen functional groups attached to an aromatic ring is 1. The molecule has 2 heterocycles. The Bertz CT molecular complexity index is 886. The first-order valence-electron chi connectivity index (χ1n) is 8.26. The van der Waals surface area contributed by atoms with Crippen molar-refractivity contribution in [3.05, 3.63) is 64.5 Å². The van der Waals surface area contributed by atoms with Gasteiger partial charge in [-0.1, -0.05) is 44.2 Å². The Morgan fingerprint density at radius 1 is 1.12 bits per heavy atom. The van der Waals surface area contributed by atoms with Crippen molar-refractivity contribution < 1.29 is 4.74 Å². The van der Waals surface area contributed by atoms with Crippen molar-refractivity contribution in [1.29, 1.82) is 0 Å². The van der Waals surface area contributed by atoms with Crippen LogP contribution in [0.15, 0.2) is 53.4 Å². The van der Waals surface area contributed by atoms with Crippen LogP contribution in [0.3, 0.4) is 0 Å². The van der Waals surface area contributed by atoms with E-state index in [-0.39, 0.29) is 11.9 Å². The molecule has 1 aromatic carbocycles. The molecule has 0 atom stereocenters. The van der Waals surface area contributed by atoms with Gasteiger partial charge in [-0.25, -0.2) is 9.97 Å². The molecule has 0 radical (unpaired) electrons. The number of nitrogens with one attached hydrogen (secondary N) is 1. The van der Waals surface area contributed by atoms with Crippen molar-refractivity contribution in [2.24, 2.45) is 0 Å². The summed E-state index contributed by atoms with van der Waals surface area (Å²) in [6.07, 6.45) is 3.38. The topological polar surface area (TPSA) is 86.0 Å². The van der Waals surface area contributed by atoms with Crippen LogP contribution >= 0.6 is 15.9 Å². The second kappa shape index (κ2) is 8.14. The monoisotopic (exact) mass is 413 g/mol. The van der Waals surface area contributed by atoms with Gasteiger partial charge < -0.3 is 15.8 Å². The molecule has 3 rings (SSSR count). The minimum atomic E-state index is 0.188. The molecule has 0 saturated heterocycles. The average Bonchev–Trinajstić information content (AvgIpc) is 2.62. The van der Waals surface area contributed by atoms with E-state index in [2.05, 4.69) is 50.0 Å². The van der Waals surface area contributed by atoms with Gasteiger partial charge in [-0.2, -0.15) is 4.98 Å². The maximum absolute atomic E-state index is 6.11. The fraction of sp³-hybridized carbons (Fsp3) is 0.211. The summed E-state index contributed by atoms with van der Waals surface area (Å²) in [4.78, 5) is 12.6. The van der Waals surface area contributed by atoms with Crippen LogP contribution in [0.1, 0.15) is 30.9 Å². The number of hydrogen-bond donors (Lipinski definition) is 2. The number of rotatable bonds is 6. The number of aromatic nitrogens is 3. The predicted octanol–water partition coefficient (Wildman–Crippen LogP) is 4.74. The van der Waals surface area contributed by atoms with E-state index in [1.807, 2.05) is 36.4 Å². The zero-order chi connectivity index (χ0) is 18.5. The largest absolute Gasteiger partial charge is 0.451 e. The highest BCUT2D eigenvalue weighted by molar-refractivity contribution is 9.10. The molecule has 7 heteroatoms. The van der Waals surface area contributed by atoms with Crippen LogP contribution in [-0.4, -0.2) is 15.0 Å². The maximum Gasteiger partial charge on any atom is 0.222 e. The lowest BCUT2D eigenvalue weighted by atomic mass is 10.1. The van der Waals surface area contributed by atoms with Crippen molar-refractivity contribution in [3.8, 4) is 11.5 Å². The van der Waals surface area contributed by atoms with Gasteiger partial charge in [-0.3, -0.25) is 0 Å². The average molecular weight is 414 g/mol. The molecule has 3 aromatic rings. The third-order valence-electron chi connectivity index (χ3n) is 3.78. The van der Waals surface area contributed by atoms with Crippen molar-refractivity contribution in [2.75, 3.05) is 11.1 Å². The summed E-state index contributed by atoms with van der Waals surface area (Å²) in [5, 5.41) is 3.27. The molecule has 0 saturated carbocycles. The quantitative estimate of drug-likeness (QED) is 0.567. The first-order chi connectivity index (χ1) is 12.5. The standard InChI is InChI=1S/C19H20BrN5O/c1-12(2)14-10-22-17(20)8-15(14)26-16-11-24-19(21)25-18(16)23-9-13-6-4-3-5-7-13/h3-8,10-12H,9H2,1-2H3,(H3,21,23,24,25). The number of halogens is 1. The van der Waals surface area contributed by atoms with Crippen LogP contribution in [0, 0.1) is 0 Å². The molecule has 3 N–H and O–H groups in total. The van der Waals surface area contributed by atoms with Crippen LogP contribution in [0.5, 0.6) is 11.5 Å². The third-order valence-corrected chi connectivity index (χ3v) is 4.21. The summed E-state index contributed by atoms with van der Waals surface area (Å²) in [6.45, 7) is 4.78. The van der Waals surface area contributed by atoms with Gasteiger partial charge in [0.05, 0.1) is 6.20 Å². The van der Waals surface area contributed by atoms with Crippen molar-refractivity contribution in [2.45, 2.75) is 26.3 Å². The highest BCUT2D eigenvalue weighted by Crippen LogP contribution is 2.34. The van der Waals surface area contributed by atoms with Gasteiger partial charge in [0.25, 0.3) is 0 Å². The molecule has 0 amide bonds. The molecular weight excluding hydrogens is 394 g/mol. The van der Waals surface area contributed by atoms with Crippen molar-refractivity contribution in [3.63, 3.8) is 0 Å². The fourth-order valence-electron chi connectivity index (χ4n) is 2.43. The van der Waals surface area contributed by atoms with E-state index in [0.717, 1.165) is 11.1 Å². The number of nitrogens with two attached hydrogens (primary N) is 1. The smallest absolute Gasteiger partial charge is 0.222 e. The first-order valence-corrected chi connectivity index (χ1v) is 9.06. The van der Waals surface area contributed by atoms with E-state index in [9.17, 15) is 0 Å². The summed E-state index contributed by atoms with van der Waals surface area (Å²) in [6, 6.07) is 11.9. The number of benzene rings is 1. The number of anilines is 2. The Kier molecular flexibility index (Phi) is 5.68. The minimum Gasteiger partial charge on any atom is -0.451 e. The number of hydrogen-bond acceptors (Lipinski definition) is 6. The van der Waals surface area contributed by atoms with Gasteiger partial charge >= 0.3 is 0 Å². The first kappa shape index (κ1) is 18.1. The van der Waals surface area contributed by atoms with Gasteiger partial charge in [0, 0.05) is 24.4 Å². The summed E-state index contributed by atoms with van der Waals surface area (Å²) < 4.78 is 6.81. The molecule has 134 valence electrons. The van der Waals surface area contributed by atoms with Crippen molar-refractivity contribution in [1.82, 2.24) is 15.0 Å². The Morgan fingerprint density at radius 2 is 1.88 bits per heavy atom. The zero-order valence-electron chi connectivity index (χ0n) is 14.6. The van der Waals surface area contributed by atoms with E-state index in [4.69, 9.17) is 10.5 Å². The van der Waals surface area contributed by atoms with E-state index in [1.165, 1.54) is 0 Å². The normalized spacial score (nSPS) is 10.8. The number of nitrogens with zero attached hydrogens (tertiary/aromatic N) is 3. The molecule has 0 spiro atoms. The lowest BCUT2D eigenvalue weighted by Gasteiger charge is -2.16. The summed E-state index contributed by atoms with van der Waals surface area (Å²) >= 11 is 3.39. The van der Waals surface area contributed by atoms with Crippen LogP contribution < -0.4 is 15.8 Å².